The number of anilines is 1. The van der Waals surface area contributed by atoms with Crippen molar-refractivity contribution in [3.8, 4) is 0 Å². The maximum absolute atomic E-state index is 14.0. The Morgan fingerprint density at radius 3 is 2.71 bits per heavy atom. The number of nitrogens with two attached hydrogens (primary N) is 1. The topological polar surface area (TPSA) is 58.9 Å². The van der Waals surface area contributed by atoms with E-state index in [2.05, 4.69) is 4.98 Å². The highest BCUT2D eigenvalue weighted by molar-refractivity contribution is 6.17. The van der Waals surface area contributed by atoms with Gasteiger partial charge in [0.15, 0.2) is 5.82 Å². The van der Waals surface area contributed by atoms with Crippen LogP contribution in [0, 0.1) is 18.6 Å². The van der Waals surface area contributed by atoms with Crippen LogP contribution < -0.4 is 5.73 Å². The van der Waals surface area contributed by atoms with Gasteiger partial charge in [-0.25, -0.2) is 8.78 Å². The molecule has 2 aromatic carbocycles. The molecule has 3 aromatic rings. The lowest BCUT2D eigenvalue weighted by Gasteiger charge is -2.06. The second kappa shape index (κ2) is 4.70. The first-order valence-corrected chi connectivity index (χ1v) is 6.35. The number of nitrogens with one attached hydrogen (secondary N) is 1. The molecule has 0 bridgehead atoms. The highest BCUT2D eigenvalue weighted by atomic mass is 19.1. The summed E-state index contributed by atoms with van der Waals surface area (Å²) in [5.74, 6) is -2.67. The molecule has 0 amide bonds. The van der Waals surface area contributed by atoms with E-state index in [-0.39, 0.29) is 11.3 Å². The molecule has 0 saturated carbocycles. The summed E-state index contributed by atoms with van der Waals surface area (Å²) in [4.78, 5) is 15.4. The SMILES string of the molecule is Cc1cccc2[nH]cc(C(=O)c3c(F)ccc(N)c3F)c12. The zero-order valence-electron chi connectivity index (χ0n) is 11.2. The molecule has 0 aliphatic rings. The van der Waals surface area contributed by atoms with Gasteiger partial charge >= 0.3 is 0 Å². The van der Waals surface area contributed by atoms with Crippen molar-refractivity contribution in [2.45, 2.75) is 6.92 Å². The van der Waals surface area contributed by atoms with Crippen molar-refractivity contribution >= 4 is 22.4 Å². The second-order valence-electron chi connectivity index (χ2n) is 4.85. The highest BCUT2D eigenvalue weighted by Crippen LogP contribution is 2.27. The number of halogens is 2. The standard InChI is InChI=1S/C16H12F2N2O/c1-8-3-2-4-12-13(8)9(7-20-12)16(21)14-10(17)5-6-11(19)15(14)18/h2-7,20H,19H2,1H3. The zero-order valence-corrected chi connectivity index (χ0v) is 11.2. The fourth-order valence-electron chi connectivity index (χ4n) is 2.46. The van der Waals surface area contributed by atoms with Crippen LogP contribution >= 0.6 is 0 Å². The number of aryl methyl sites for hydroxylation is 1. The van der Waals surface area contributed by atoms with Crippen molar-refractivity contribution in [3.63, 3.8) is 0 Å². The molecule has 5 heteroatoms. The van der Waals surface area contributed by atoms with Gasteiger partial charge in [-0.3, -0.25) is 4.79 Å². The van der Waals surface area contributed by atoms with Gasteiger partial charge in [-0.15, -0.1) is 0 Å². The summed E-state index contributed by atoms with van der Waals surface area (Å²) in [6, 6.07) is 7.56. The summed E-state index contributed by atoms with van der Waals surface area (Å²) < 4.78 is 27.9. The Morgan fingerprint density at radius 2 is 1.95 bits per heavy atom. The number of nitrogen functional groups attached to an aromatic ring is 1. The average Bonchev–Trinajstić information content (AvgIpc) is 2.88. The molecule has 0 aliphatic carbocycles. The summed E-state index contributed by atoms with van der Waals surface area (Å²) in [6.07, 6.45) is 1.46. The van der Waals surface area contributed by atoms with Gasteiger partial charge in [0.05, 0.1) is 11.3 Å². The van der Waals surface area contributed by atoms with Gasteiger partial charge in [0.2, 0.25) is 5.78 Å². The number of carbonyl (C=O) groups excluding carboxylic acids is 1. The van der Waals surface area contributed by atoms with Gasteiger partial charge < -0.3 is 10.7 Å². The predicted molar refractivity (Wildman–Crippen MR) is 77.2 cm³/mol. The van der Waals surface area contributed by atoms with E-state index in [1.807, 2.05) is 19.1 Å². The van der Waals surface area contributed by atoms with Crippen molar-refractivity contribution in [3.05, 3.63) is 64.9 Å². The summed E-state index contributed by atoms with van der Waals surface area (Å²) in [5.41, 5.74) is 6.36. The van der Waals surface area contributed by atoms with Gasteiger partial charge in [-0.05, 0) is 30.7 Å². The molecule has 3 nitrogen and oxygen atoms in total. The molecule has 0 saturated heterocycles. The van der Waals surface area contributed by atoms with E-state index in [0.29, 0.717) is 5.39 Å². The third-order valence-corrected chi connectivity index (χ3v) is 3.51. The molecule has 1 aromatic heterocycles. The first-order chi connectivity index (χ1) is 10.0. The van der Waals surface area contributed by atoms with E-state index >= 15 is 0 Å². The minimum atomic E-state index is -1.03. The molecular weight excluding hydrogens is 274 g/mol. The fourth-order valence-corrected chi connectivity index (χ4v) is 2.46. The molecule has 0 aliphatic heterocycles. The zero-order chi connectivity index (χ0) is 15.1. The van der Waals surface area contributed by atoms with Crippen LogP contribution in [0.3, 0.4) is 0 Å². The first kappa shape index (κ1) is 13.3. The van der Waals surface area contributed by atoms with Crippen molar-refractivity contribution in [2.75, 3.05) is 5.73 Å². The number of hydrogen-bond acceptors (Lipinski definition) is 2. The molecule has 0 atom stereocenters. The summed E-state index contributed by atoms with van der Waals surface area (Å²) >= 11 is 0. The molecule has 0 unspecified atom stereocenters. The fraction of sp³-hybridized carbons (Fsp3) is 0.0625. The number of aromatic amines is 1. The maximum atomic E-state index is 14.0. The monoisotopic (exact) mass is 286 g/mol. The summed E-state index contributed by atoms with van der Waals surface area (Å²) in [5, 5.41) is 0.656. The van der Waals surface area contributed by atoms with Crippen LogP contribution in [-0.2, 0) is 0 Å². The molecule has 3 rings (SSSR count). The van der Waals surface area contributed by atoms with Gasteiger partial charge in [-0.2, -0.15) is 0 Å². The van der Waals surface area contributed by atoms with E-state index < -0.39 is 23.0 Å². The summed E-state index contributed by atoms with van der Waals surface area (Å²) in [6.45, 7) is 1.83. The Kier molecular flexibility index (Phi) is 2.97. The number of aromatic nitrogens is 1. The number of H-pyrrole nitrogens is 1. The lowest BCUT2D eigenvalue weighted by molar-refractivity contribution is 0.103. The van der Waals surface area contributed by atoms with Gasteiger partial charge in [-0.1, -0.05) is 12.1 Å². The van der Waals surface area contributed by atoms with Crippen molar-refractivity contribution < 1.29 is 13.6 Å². The molecule has 3 N–H and O–H groups in total. The Morgan fingerprint density at radius 1 is 1.19 bits per heavy atom. The van der Waals surface area contributed by atoms with Crippen LogP contribution in [0.15, 0.2) is 36.5 Å². The van der Waals surface area contributed by atoms with Gasteiger partial charge in [0, 0.05) is 22.7 Å². The summed E-state index contributed by atoms with van der Waals surface area (Å²) in [7, 11) is 0. The third kappa shape index (κ3) is 1.98. The first-order valence-electron chi connectivity index (χ1n) is 6.35. The van der Waals surface area contributed by atoms with E-state index in [9.17, 15) is 13.6 Å². The van der Waals surface area contributed by atoms with Crippen molar-refractivity contribution in [2.24, 2.45) is 0 Å². The predicted octanol–water partition coefficient (Wildman–Crippen LogP) is 3.57. The highest BCUT2D eigenvalue weighted by Gasteiger charge is 2.23. The lowest BCUT2D eigenvalue weighted by Crippen LogP contribution is -2.09. The van der Waals surface area contributed by atoms with Crippen LogP contribution in [-0.4, -0.2) is 10.8 Å². The van der Waals surface area contributed by atoms with E-state index in [0.717, 1.165) is 23.2 Å². The normalized spacial score (nSPS) is 11.0. The number of ketones is 1. The van der Waals surface area contributed by atoms with Crippen LogP contribution in [0.2, 0.25) is 0 Å². The quantitative estimate of drug-likeness (QED) is 0.559. The van der Waals surface area contributed by atoms with Crippen LogP contribution in [0.25, 0.3) is 10.9 Å². The van der Waals surface area contributed by atoms with Crippen LogP contribution in [0.5, 0.6) is 0 Å². The smallest absolute Gasteiger partial charge is 0.201 e. The largest absolute Gasteiger partial charge is 0.396 e. The van der Waals surface area contributed by atoms with E-state index in [1.165, 1.54) is 6.20 Å². The Balaban J connectivity index is 2.25. The molecule has 0 radical (unpaired) electrons. The van der Waals surface area contributed by atoms with Crippen LogP contribution in [0.4, 0.5) is 14.5 Å². The lowest BCUT2D eigenvalue weighted by atomic mass is 9.99. The second-order valence-corrected chi connectivity index (χ2v) is 4.85. The van der Waals surface area contributed by atoms with E-state index in [4.69, 9.17) is 5.73 Å². The molecule has 0 spiro atoms. The van der Waals surface area contributed by atoms with Gasteiger partial charge in [0.1, 0.15) is 5.82 Å². The molecule has 106 valence electrons. The molecular formula is C16H12F2N2O. The maximum Gasteiger partial charge on any atom is 0.201 e. The van der Waals surface area contributed by atoms with Crippen LogP contribution in [0.1, 0.15) is 21.5 Å². The number of carbonyl (C=O) groups is 1. The number of benzene rings is 2. The van der Waals surface area contributed by atoms with Crippen molar-refractivity contribution in [1.29, 1.82) is 0 Å². The van der Waals surface area contributed by atoms with E-state index in [1.54, 1.807) is 6.07 Å². The Bertz CT molecular complexity index is 868. The number of hydrogen-bond donors (Lipinski definition) is 2. The molecule has 21 heavy (non-hydrogen) atoms. The molecule has 1 heterocycles. The minimum Gasteiger partial charge on any atom is -0.396 e. The Labute approximate surface area is 119 Å². The minimum absolute atomic E-state index is 0.228. The third-order valence-electron chi connectivity index (χ3n) is 3.51. The molecule has 0 fully saturated rings. The van der Waals surface area contributed by atoms with Crippen molar-refractivity contribution in [1.82, 2.24) is 4.98 Å². The number of rotatable bonds is 2. The van der Waals surface area contributed by atoms with Gasteiger partial charge in [0.25, 0.3) is 0 Å². The number of fused-ring (bicyclic) bond motifs is 1. The Hall–Kier alpha value is -2.69. The average molecular weight is 286 g/mol.